The molecule has 4 aromatic rings. The number of hydrazone groups is 1. The fraction of sp³-hybridized carbons (Fsp3) is 0. The molecule has 3 aromatic carbocycles. The highest BCUT2D eigenvalue weighted by Crippen LogP contribution is 2.17. The molecule has 0 atom stereocenters. The van der Waals surface area contributed by atoms with E-state index in [1.165, 1.54) is 6.21 Å². The molecule has 32 heavy (non-hydrogen) atoms. The van der Waals surface area contributed by atoms with Crippen LogP contribution in [0.1, 0.15) is 15.9 Å². The lowest BCUT2D eigenvalue weighted by Crippen LogP contribution is -2.20. The monoisotopic (exact) mass is 443 g/mol. The van der Waals surface area contributed by atoms with Gasteiger partial charge in [0.25, 0.3) is 5.91 Å². The van der Waals surface area contributed by atoms with E-state index in [0.717, 1.165) is 16.5 Å². The first kappa shape index (κ1) is 21.0. The fourth-order valence-corrected chi connectivity index (χ4v) is 3.17. The number of benzene rings is 3. The summed E-state index contributed by atoms with van der Waals surface area (Å²) in [5.41, 5.74) is 5.68. The highest BCUT2D eigenvalue weighted by atomic mass is 35.5. The zero-order chi connectivity index (χ0) is 22.3. The number of amides is 3. The lowest BCUT2D eigenvalue weighted by atomic mass is 10.2. The normalized spacial score (nSPS) is 10.8. The number of halogens is 1. The van der Waals surface area contributed by atoms with Crippen molar-refractivity contribution in [1.82, 2.24) is 10.4 Å². The number of rotatable bonds is 5. The summed E-state index contributed by atoms with van der Waals surface area (Å²) in [4.78, 5) is 28.8. The van der Waals surface area contributed by atoms with Crippen molar-refractivity contribution in [2.75, 3.05) is 10.6 Å². The number of fused-ring (bicyclic) bond motifs is 1. The Hall–Kier alpha value is -4.23. The van der Waals surface area contributed by atoms with Crippen LogP contribution in [-0.4, -0.2) is 23.1 Å². The van der Waals surface area contributed by atoms with Gasteiger partial charge in [-0.15, -0.1) is 0 Å². The molecule has 0 spiro atoms. The van der Waals surface area contributed by atoms with Crippen molar-refractivity contribution in [2.24, 2.45) is 5.10 Å². The van der Waals surface area contributed by atoms with Gasteiger partial charge in [-0.1, -0.05) is 29.8 Å². The number of hydrogen-bond donors (Lipinski definition) is 3. The lowest BCUT2D eigenvalue weighted by molar-refractivity contribution is 0.0955. The fourth-order valence-electron chi connectivity index (χ4n) is 2.97. The quantitative estimate of drug-likeness (QED) is 0.288. The van der Waals surface area contributed by atoms with Crippen molar-refractivity contribution in [3.8, 4) is 0 Å². The summed E-state index contributed by atoms with van der Waals surface area (Å²) in [5, 5.41) is 11.0. The van der Waals surface area contributed by atoms with Gasteiger partial charge in [-0.3, -0.25) is 9.78 Å². The number of aromatic nitrogens is 1. The average Bonchev–Trinajstić information content (AvgIpc) is 2.79. The van der Waals surface area contributed by atoms with Gasteiger partial charge in [0.05, 0.1) is 11.7 Å². The van der Waals surface area contributed by atoms with Crippen LogP contribution in [0.15, 0.2) is 90.2 Å². The SMILES string of the molecule is O=C(Nc1ccc(C(=O)NN=Cc2cccc(Cl)c2)cc1)Nc1ccc2ncccc2c1. The molecule has 0 aliphatic carbocycles. The van der Waals surface area contributed by atoms with Gasteiger partial charge in [-0.2, -0.15) is 5.10 Å². The molecule has 7 nitrogen and oxygen atoms in total. The highest BCUT2D eigenvalue weighted by Gasteiger charge is 2.07. The number of pyridine rings is 1. The molecule has 0 saturated heterocycles. The van der Waals surface area contributed by atoms with Gasteiger partial charge >= 0.3 is 6.03 Å². The van der Waals surface area contributed by atoms with Gasteiger partial charge in [0, 0.05) is 33.5 Å². The molecule has 0 unspecified atom stereocenters. The molecule has 0 saturated carbocycles. The Morgan fingerprint density at radius 3 is 2.47 bits per heavy atom. The van der Waals surface area contributed by atoms with Crippen molar-refractivity contribution >= 4 is 52.0 Å². The Bertz CT molecular complexity index is 1310. The molecule has 1 heterocycles. The van der Waals surface area contributed by atoms with Crippen LogP contribution in [0.5, 0.6) is 0 Å². The molecule has 8 heteroatoms. The van der Waals surface area contributed by atoms with E-state index in [4.69, 9.17) is 11.6 Å². The first-order valence-electron chi connectivity index (χ1n) is 9.69. The van der Waals surface area contributed by atoms with Crippen molar-refractivity contribution < 1.29 is 9.59 Å². The maximum absolute atomic E-state index is 12.3. The van der Waals surface area contributed by atoms with Crippen LogP contribution in [0, 0.1) is 0 Å². The molecule has 0 radical (unpaired) electrons. The Balaban J connectivity index is 1.32. The van der Waals surface area contributed by atoms with Crippen LogP contribution < -0.4 is 16.1 Å². The van der Waals surface area contributed by atoms with Gasteiger partial charge < -0.3 is 10.6 Å². The first-order chi connectivity index (χ1) is 15.6. The first-order valence-corrected chi connectivity index (χ1v) is 10.1. The Kier molecular flexibility index (Phi) is 6.38. The minimum atomic E-state index is -0.392. The third-order valence-electron chi connectivity index (χ3n) is 4.49. The summed E-state index contributed by atoms with van der Waals surface area (Å²) in [6, 6.07) is 22.4. The summed E-state index contributed by atoms with van der Waals surface area (Å²) in [6.45, 7) is 0. The van der Waals surface area contributed by atoms with Crippen LogP contribution in [0.2, 0.25) is 5.02 Å². The van der Waals surface area contributed by atoms with Crippen molar-refractivity contribution in [3.05, 3.63) is 101 Å². The second-order valence-corrected chi connectivity index (χ2v) is 7.26. The van der Waals surface area contributed by atoms with Crippen LogP contribution in [0.3, 0.4) is 0 Å². The molecule has 0 bridgehead atoms. The topological polar surface area (TPSA) is 95.5 Å². The standard InChI is InChI=1S/C24H18ClN5O2/c25-19-5-1-3-16(13-19)15-27-30-23(31)17-6-8-20(9-7-17)28-24(32)29-21-10-11-22-18(14-21)4-2-12-26-22/h1-15H,(H,30,31)(H2,28,29,32). The summed E-state index contributed by atoms with van der Waals surface area (Å²) in [7, 11) is 0. The number of hydrogen-bond acceptors (Lipinski definition) is 4. The number of anilines is 2. The Labute approximate surface area is 189 Å². The van der Waals surface area contributed by atoms with Crippen molar-refractivity contribution in [2.45, 2.75) is 0 Å². The van der Waals surface area contributed by atoms with E-state index in [1.54, 1.807) is 54.7 Å². The molecule has 0 fully saturated rings. The summed E-state index contributed by atoms with van der Waals surface area (Å²) in [6.07, 6.45) is 3.23. The van der Waals surface area contributed by atoms with E-state index in [1.807, 2.05) is 30.3 Å². The number of nitrogens with zero attached hydrogens (tertiary/aromatic N) is 2. The third-order valence-corrected chi connectivity index (χ3v) is 4.73. The zero-order valence-corrected chi connectivity index (χ0v) is 17.5. The van der Waals surface area contributed by atoms with Gasteiger partial charge in [0.1, 0.15) is 0 Å². The van der Waals surface area contributed by atoms with E-state index in [-0.39, 0.29) is 5.91 Å². The summed E-state index contributed by atoms with van der Waals surface area (Å²) < 4.78 is 0. The zero-order valence-electron chi connectivity index (χ0n) is 16.7. The van der Waals surface area contributed by atoms with Crippen LogP contribution in [0.4, 0.5) is 16.2 Å². The van der Waals surface area contributed by atoms with Gasteiger partial charge in [0.15, 0.2) is 0 Å². The van der Waals surface area contributed by atoms with E-state index in [9.17, 15) is 9.59 Å². The van der Waals surface area contributed by atoms with Gasteiger partial charge in [-0.25, -0.2) is 10.2 Å². The number of carbonyl (C=O) groups is 2. The minimum absolute atomic E-state index is 0.371. The van der Waals surface area contributed by atoms with E-state index < -0.39 is 6.03 Å². The molecule has 0 aliphatic heterocycles. The third kappa shape index (κ3) is 5.47. The molecule has 4 rings (SSSR count). The van der Waals surface area contributed by atoms with Gasteiger partial charge in [0.2, 0.25) is 0 Å². The molecular weight excluding hydrogens is 426 g/mol. The maximum atomic E-state index is 12.3. The van der Waals surface area contributed by atoms with Crippen LogP contribution >= 0.6 is 11.6 Å². The molecule has 158 valence electrons. The molecule has 0 aliphatic rings. The number of urea groups is 1. The minimum Gasteiger partial charge on any atom is -0.308 e. The van der Waals surface area contributed by atoms with Gasteiger partial charge in [-0.05, 0) is 66.2 Å². The average molecular weight is 444 g/mol. The van der Waals surface area contributed by atoms with Crippen molar-refractivity contribution in [1.29, 1.82) is 0 Å². The predicted molar refractivity (Wildman–Crippen MR) is 127 cm³/mol. The summed E-state index contributed by atoms with van der Waals surface area (Å²) >= 11 is 5.92. The predicted octanol–water partition coefficient (Wildman–Crippen LogP) is 5.30. The van der Waals surface area contributed by atoms with E-state index >= 15 is 0 Å². The smallest absolute Gasteiger partial charge is 0.308 e. The van der Waals surface area contributed by atoms with Crippen LogP contribution in [-0.2, 0) is 0 Å². The maximum Gasteiger partial charge on any atom is 0.323 e. The van der Waals surface area contributed by atoms with E-state index in [2.05, 4.69) is 26.1 Å². The Morgan fingerprint density at radius 2 is 1.66 bits per heavy atom. The Morgan fingerprint density at radius 1 is 0.875 bits per heavy atom. The largest absolute Gasteiger partial charge is 0.323 e. The second kappa shape index (κ2) is 9.72. The summed E-state index contributed by atoms with van der Waals surface area (Å²) in [5.74, 6) is -0.371. The molecule has 3 N–H and O–H groups in total. The van der Waals surface area contributed by atoms with Crippen molar-refractivity contribution in [3.63, 3.8) is 0 Å². The van der Waals surface area contributed by atoms with E-state index in [0.29, 0.717) is 22.0 Å². The highest BCUT2D eigenvalue weighted by molar-refractivity contribution is 6.30. The number of nitrogens with one attached hydrogen (secondary N) is 3. The molecule has 1 aromatic heterocycles. The number of carbonyl (C=O) groups excluding carboxylic acids is 2. The molecular formula is C24H18ClN5O2. The second-order valence-electron chi connectivity index (χ2n) is 6.82. The lowest BCUT2D eigenvalue weighted by Gasteiger charge is -2.09. The van der Waals surface area contributed by atoms with Crippen LogP contribution in [0.25, 0.3) is 10.9 Å². The molecule has 3 amide bonds.